The lowest BCUT2D eigenvalue weighted by atomic mass is 9.97. The molecule has 2 aliphatic heterocycles. The molecule has 4 rings (SSSR count). The number of rotatable bonds is 1. The highest BCUT2D eigenvalue weighted by atomic mass is 19.1. The first-order chi connectivity index (χ1) is 11.6. The van der Waals surface area contributed by atoms with Gasteiger partial charge in [0.25, 0.3) is 5.91 Å². The van der Waals surface area contributed by atoms with Crippen LogP contribution < -0.4 is 9.80 Å². The monoisotopic (exact) mass is 325 g/mol. The molecule has 0 unspecified atom stereocenters. The standard InChI is InChI=1S/C18H16FN3O2/c1-20-9-10-21-16(23)11-22(24)17(12-5-2-3-7-14(12)19)13-6-4-8-15(20)18(13)21/h2-8H,9-11H2,1H3. The summed E-state index contributed by atoms with van der Waals surface area (Å²) in [4.78, 5) is 16.2. The molecule has 0 spiro atoms. The van der Waals surface area contributed by atoms with E-state index in [1.807, 2.05) is 24.1 Å². The molecule has 0 fully saturated rings. The molecule has 122 valence electrons. The number of benzene rings is 2. The van der Waals surface area contributed by atoms with Gasteiger partial charge in [-0.05, 0) is 24.3 Å². The summed E-state index contributed by atoms with van der Waals surface area (Å²) in [6.07, 6.45) is 0. The molecular formula is C18H16FN3O2. The quantitative estimate of drug-likeness (QED) is 0.595. The smallest absolute Gasteiger partial charge is 0.293 e. The molecule has 2 aromatic rings. The number of halogens is 1. The van der Waals surface area contributed by atoms with Crippen molar-refractivity contribution in [2.75, 3.05) is 36.5 Å². The molecule has 1 amide bonds. The second-order valence-corrected chi connectivity index (χ2v) is 6.01. The Morgan fingerprint density at radius 3 is 2.62 bits per heavy atom. The van der Waals surface area contributed by atoms with E-state index in [0.717, 1.165) is 5.69 Å². The third kappa shape index (κ3) is 2.06. The molecule has 0 radical (unpaired) electrons. The van der Waals surface area contributed by atoms with Crippen molar-refractivity contribution >= 4 is 23.0 Å². The first-order valence-electron chi connectivity index (χ1n) is 7.79. The number of anilines is 2. The molecule has 2 heterocycles. The molecule has 2 aliphatic rings. The van der Waals surface area contributed by atoms with E-state index < -0.39 is 5.82 Å². The van der Waals surface area contributed by atoms with Crippen LogP contribution in [0.25, 0.3) is 0 Å². The number of nitrogens with zero attached hydrogens (tertiary/aromatic N) is 3. The van der Waals surface area contributed by atoms with Crippen LogP contribution in [-0.4, -0.2) is 43.0 Å². The molecule has 0 saturated carbocycles. The SMILES string of the molecule is CN1CCN2C(=O)C[N+]([O-])=C(c3ccccc3F)c3cccc1c32. The lowest BCUT2D eigenvalue weighted by Gasteiger charge is -2.35. The van der Waals surface area contributed by atoms with E-state index in [1.54, 1.807) is 29.2 Å². The number of likely N-dealkylation sites (N-methyl/N-ethyl adjacent to an activating group) is 1. The first kappa shape index (κ1) is 14.7. The number of carbonyl (C=O) groups is 1. The molecule has 0 N–H and O–H groups in total. The predicted molar refractivity (Wildman–Crippen MR) is 90.2 cm³/mol. The second kappa shape index (κ2) is 5.33. The topological polar surface area (TPSA) is 49.6 Å². The highest BCUT2D eigenvalue weighted by molar-refractivity contribution is 6.18. The summed E-state index contributed by atoms with van der Waals surface area (Å²) in [6.45, 7) is 0.884. The van der Waals surface area contributed by atoms with Gasteiger partial charge in [0.15, 0.2) is 0 Å². The van der Waals surface area contributed by atoms with E-state index in [9.17, 15) is 14.4 Å². The van der Waals surface area contributed by atoms with E-state index in [2.05, 4.69) is 0 Å². The van der Waals surface area contributed by atoms with E-state index >= 15 is 0 Å². The van der Waals surface area contributed by atoms with Gasteiger partial charge in [0.2, 0.25) is 12.3 Å². The second-order valence-electron chi connectivity index (χ2n) is 6.01. The first-order valence-corrected chi connectivity index (χ1v) is 7.79. The fourth-order valence-corrected chi connectivity index (χ4v) is 3.40. The highest BCUT2D eigenvalue weighted by Gasteiger charge is 2.36. The summed E-state index contributed by atoms with van der Waals surface area (Å²) in [5.41, 5.74) is 2.56. The van der Waals surface area contributed by atoms with Crippen LogP contribution in [0.3, 0.4) is 0 Å². The number of para-hydroxylation sites is 1. The van der Waals surface area contributed by atoms with Gasteiger partial charge in [-0.1, -0.05) is 18.2 Å². The Bertz CT molecular complexity index is 878. The number of carbonyl (C=O) groups excluding carboxylic acids is 1. The molecular weight excluding hydrogens is 309 g/mol. The molecule has 5 nitrogen and oxygen atoms in total. The van der Waals surface area contributed by atoms with Crippen molar-refractivity contribution in [2.24, 2.45) is 0 Å². The van der Waals surface area contributed by atoms with Crippen LogP contribution in [0.15, 0.2) is 42.5 Å². The van der Waals surface area contributed by atoms with E-state index in [4.69, 9.17) is 0 Å². The lowest BCUT2D eigenvalue weighted by molar-refractivity contribution is -0.443. The molecule has 0 atom stereocenters. The van der Waals surface area contributed by atoms with Crippen molar-refractivity contribution in [2.45, 2.75) is 0 Å². The minimum Gasteiger partial charge on any atom is -0.623 e. The highest BCUT2D eigenvalue weighted by Crippen LogP contribution is 2.38. The molecule has 24 heavy (non-hydrogen) atoms. The van der Waals surface area contributed by atoms with Gasteiger partial charge < -0.3 is 15.0 Å². The summed E-state index contributed by atoms with van der Waals surface area (Å²) in [5.74, 6) is -0.742. The number of hydroxylamine groups is 1. The molecule has 0 aliphatic carbocycles. The maximum absolute atomic E-state index is 14.3. The van der Waals surface area contributed by atoms with Crippen molar-refractivity contribution < 1.29 is 13.9 Å². The van der Waals surface area contributed by atoms with Gasteiger partial charge in [-0.25, -0.2) is 4.39 Å². The van der Waals surface area contributed by atoms with E-state index in [0.29, 0.717) is 29.1 Å². The Morgan fingerprint density at radius 1 is 1.08 bits per heavy atom. The molecule has 6 heteroatoms. The zero-order valence-corrected chi connectivity index (χ0v) is 13.2. The largest absolute Gasteiger partial charge is 0.623 e. The Labute approximate surface area is 138 Å². The third-order valence-corrected chi connectivity index (χ3v) is 4.57. The fourth-order valence-electron chi connectivity index (χ4n) is 3.40. The maximum Gasteiger partial charge on any atom is 0.293 e. The lowest BCUT2D eigenvalue weighted by Crippen LogP contribution is -2.44. The van der Waals surface area contributed by atoms with Crippen molar-refractivity contribution in [1.82, 2.24) is 0 Å². The minimum atomic E-state index is -0.476. The molecule has 2 aromatic carbocycles. The van der Waals surface area contributed by atoms with Crippen molar-refractivity contribution in [3.05, 3.63) is 64.6 Å². The van der Waals surface area contributed by atoms with Gasteiger partial charge >= 0.3 is 0 Å². The molecule has 0 aromatic heterocycles. The Hall–Kier alpha value is -2.89. The van der Waals surface area contributed by atoms with Crippen LogP contribution in [-0.2, 0) is 4.79 Å². The van der Waals surface area contributed by atoms with Gasteiger partial charge in [-0.3, -0.25) is 4.79 Å². The summed E-state index contributed by atoms with van der Waals surface area (Å²) >= 11 is 0. The van der Waals surface area contributed by atoms with Crippen molar-refractivity contribution in [3.63, 3.8) is 0 Å². The van der Waals surface area contributed by atoms with Crippen LogP contribution in [0.5, 0.6) is 0 Å². The fraction of sp³-hybridized carbons (Fsp3) is 0.222. The van der Waals surface area contributed by atoms with Gasteiger partial charge in [0, 0.05) is 20.1 Å². The zero-order chi connectivity index (χ0) is 16.8. The van der Waals surface area contributed by atoms with Gasteiger partial charge in [-0.2, -0.15) is 4.74 Å². The van der Waals surface area contributed by atoms with Crippen molar-refractivity contribution in [1.29, 1.82) is 0 Å². The van der Waals surface area contributed by atoms with E-state index in [-0.39, 0.29) is 23.7 Å². The number of hydrogen-bond acceptors (Lipinski definition) is 3. The third-order valence-electron chi connectivity index (χ3n) is 4.57. The number of hydrogen-bond donors (Lipinski definition) is 0. The normalized spacial score (nSPS) is 17.0. The summed E-state index contributed by atoms with van der Waals surface area (Å²) in [5, 5.41) is 12.7. The van der Waals surface area contributed by atoms with E-state index in [1.165, 1.54) is 6.07 Å². The Balaban J connectivity index is 2.04. The van der Waals surface area contributed by atoms with Crippen LogP contribution in [0, 0.1) is 11.0 Å². The maximum atomic E-state index is 14.3. The van der Waals surface area contributed by atoms with Crippen LogP contribution in [0.4, 0.5) is 15.8 Å². The minimum absolute atomic E-state index is 0.205. The van der Waals surface area contributed by atoms with Crippen LogP contribution in [0.2, 0.25) is 0 Å². The molecule has 0 saturated heterocycles. The summed E-state index contributed by atoms with van der Waals surface area (Å²) in [7, 11) is 1.94. The Morgan fingerprint density at radius 2 is 1.83 bits per heavy atom. The van der Waals surface area contributed by atoms with Crippen molar-refractivity contribution in [3.8, 4) is 0 Å². The van der Waals surface area contributed by atoms with Gasteiger partial charge in [-0.15, -0.1) is 0 Å². The Kier molecular flexibility index (Phi) is 3.26. The summed E-state index contributed by atoms with van der Waals surface area (Å²) in [6, 6.07) is 11.7. The number of amides is 1. The zero-order valence-electron chi connectivity index (χ0n) is 13.2. The average Bonchev–Trinajstić information content (AvgIpc) is 2.67. The predicted octanol–water partition coefficient (Wildman–Crippen LogP) is 1.97. The van der Waals surface area contributed by atoms with Gasteiger partial charge in [0.1, 0.15) is 5.82 Å². The average molecular weight is 325 g/mol. The van der Waals surface area contributed by atoms with Gasteiger partial charge in [0.05, 0.1) is 22.5 Å². The van der Waals surface area contributed by atoms with Crippen LogP contribution >= 0.6 is 0 Å². The summed E-state index contributed by atoms with van der Waals surface area (Å²) < 4.78 is 15.0. The molecule has 0 bridgehead atoms. The van der Waals surface area contributed by atoms with Crippen LogP contribution in [0.1, 0.15) is 11.1 Å².